The molecule has 1 heterocycles. The molecule has 0 bridgehead atoms. The van der Waals surface area contributed by atoms with Crippen molar-refractivity contribution in [3.63, 3.8) is 0 Å². The molecule has 1 saturated carbocycles. The lowest BCUT2D eigenvalue weighted by Crippen LogP contribution is -2.45. The van der Waals surface area contributed by atoms with Crippen molar-refractivity contribution in [1.29, 1.82) is 0 Å². The number of nitrogens with zero attached hydrogens (tertiary/aromatic N) is 1. The van der Waals surface area contributed by atoms with Crippen LogP contribution in [0.5, 0.6) is 0 Å². The summed E-state index contributed by atoms with van der Waals surface area (Å²) >= 11 is 0. The lowest BCUT2D eigenvalue weighted by atomic mass is 9.82. The van der Waals surface area contributed by atoms with Gasteiger partial charge >= 0.3 is 0 Å². The van der Waals surface area contributed by atoms with Gasteiger partial charge in [0.2, 0.25) is 5.91 Å². The van der Waals surface area contributed by atoms with Crippen LogP contribution in [0.25, 0.3) is 0 Å². The summed E-state index contributed by atoms with van der Waals surface area (Å²) in [6.45, 7) is 7.34. The predicted octanol–water partition coefficient (Wildman–Crippen LogP) is 2.02. The normalized spacial score (nSPS) is 33.6. The monoisotopic (exact) mass is 238 g/mol. The highest BCUT2D eigenvalue weighted by Crippen LogP contribution is 2.30. The number of carbonyl (C=O) groups is 1. The van der Waals surface area contributed by atoms with E-state index in [1.165, 1.54) is 12.8 Å². The first kappa shape index (κ1) is 12.9. The molecule has 3 nitrogen and oxygen atoms in total. The van der Waals surface area contributed by atoms with Crippen molar-refractivity contribution in [2.75, 3.05) is 19.6 Å². The predicted molar refractivity (Wildman–Crippen MR) is 69.8 cm³/mol. The Morgan fingerprint density at radius 1 is 1.24 bits per heavy atom. The van der Waals surface area contributed by atoms with Gasteiger partial charge in [-0.1, -0.05) is 6.92 Å². The fourth-order valence-electron chi connectivity index (χ4n) is 3.24. The molecular formula is C14H26N2O. The summed E-state index contributed by atoms with van der Waals surface area (Å²) in [6, 6.07) is 0.451. The van der Waals surface area contributed by atoms with Crippen LogP contribution < -0.4 is 5.32 Å². The summed E-state index contributed by atoms with van der Waals surface area (Å²) < 4.78 is 0. The summed E-state index contributed by atoms with van der Waals surface area (Å²) in [4.78, 5) is 14.6. The highest BCUT2D eigenvalue weighted by atomic mass is 16.2. The Hall–Kier alpha value is -0.570. The molecule has 1 N–H and O–H groups in total. The third kappa shape index (κ3) is 3.01. The minimum absolute atomic E-state index is 0.312. The molecule has 1 unspecified atom stereocenters. The van der Waals surface area contributed by atoms with Gasteiger partial charge in [-0.25, -0.2) is 0 Å². The maximum Gasteiger partial charge on any atom is 0.225 e. The Labute approximate surface area is 105 Å². The number of hydrogen-bond acceptors (Lipinski definition) is 2. The molecule has 1 atom stereocenters. The maximum absolute atomic E-state index is 12.5. The van der Waals surface area contributed by atoms with Crippen LogP contribution in [0.3, 0.4) is 0 Å². The fourth-order valence-corrected chi connectivity index (χ4v) is 3.24. The number of amides is 1. The second kappa shape index (κ2) is 5.85. The quantitative estimate of drug-likeness (QED) is 0.816. The van der Waals surface area contributed by atoms with Gasteiger partial charge in [0, 0.05) is 25.0 Å². The van der Waals surface area contributed by atoms with E-state index in [1.807, 2.05) is 0 Å². The lowest BCUT2D eigenvalue weighted by Gasteiger charge is -2.33. The molecular weight excluding hydrogens is 212 g/mol. The molecule has 0 aromatic carbocycles. The van der Waals surface area contributed by atoms with Crippen LogP contribution >= 0.6 is 0 Å². The number of likely N-dealkylation sites (N-methyl/N-ethyl adjacent to an activating group) is 1. The van der Waals surface area contributed by atoms with Crippen LogP contribution in [-0.4, -0.2) is 36.5 Å². The van der Waals surface area contributed by atoms with E-state index in [0.29, 0.717) is 17.9 Å². The summed E-state index contributed by atoms with van der Waals surface area (Å²) in [7, 11) is 0. The second-order valence-corrected chi connectivity index (χ2v) is 5.73. The summed E-state index contributed by atoms with van der Waals surface area (Å²) in [5, 5.41) is 3.36. The van der Waals surface area contributed by atoms with Gasteiger partial charge in [-0.15, -0.1) is 0 Å². The number of hydrogen-bond donors (Lipinski definition) is 1. The molecule has 98 valence electrons. The zero-order valence-corrected chi connectivity index (χ0v) is 11.2. The van der Waals surface area contributed by atoms with Gasteiger partial charge in [0.05, 0.1) is 0 Å². The van der Waals surface area contributed by atoms with Crippen molar-refractivity contribution in [1.82, 2.24) is 10.2 Å². The Bertz CT molecular complexity index is 253. The highest BCUT2D eigenvalue weighted by molar-refractivity contribution is 5.79. The third-order valence-corrected chi connectivity index (χ3v) is 4.46. The van der Waals surface area contributed by atoms with E-state index in [-0.39, 0.29) is 0 Å². The molecule has 1 aliphatic carbocycles. The number of carbonyl (C=O) groups excluding carboxylic acids is 1. The molecule has 0 aromatic rings. The van der Waals surface area contributed by atoms with Crippen LogP contribution in [0.2, 0.25) is 0 Å². The number of rotatable bonds is 3. The molecule has 2 rings (SSSR count). The van der Waals surface area contributed by atoms with Gasteiger partial charge in [-0.3, -0.25) is 4.79 Å². The molecule has 2 fully saturated rings. The van der Waals surface area contributed by atoms with Crippen LogP contribution in [-0.2, 0) is 4.79 Å². The van der Waals surface area contributed by atoms with Crippen molar-refractivity contribution in [3.8, 4) is 0 Å². The van der Waals surface area contributed by atoms with Gasteiger partial charge in [0.25, 0.3) is 0 Å². The first-order chi connectivity index (χ1) is 8.22. The van der Waals surface area contributed by atoms with Gasteiger partial charge in [-0.2, -0.15) is 0 Å². The summed E-state index contributed by atoms with van der Waals surface area (Å²) in [5.74, 6) is 1.56. The van der Waals surface area contributed by atoms with E-state index in [9.17, 15) is 4.79 Å². The van der Waals surface area contributed by atoms with Crippen molar-refractivity contribution in [2.24, 2.45) is 11.8 Å². The number of nitrogens with one attached hydrogen (secondary N) is 1. The van der Waals surface area contributed by atoms with Crippen LogP contribution in [0.15, 0.2) is 0 Å². The fraction of sp³-hybridized carbons (Fsp3) is 0.929. The van der Waals surface area contributed by atoms with Crippen molar-refractivity contribution >= 4 is 5.91 Å². The molecule has 3 heteroatoms. The molecule has 0 aromatic heterocycles. The molecule has 1 aliphatic heterocycles. The second-order valence-electron chi connectivity index (χ2n) is 5.73. The van der Waals surface area contributed by atoms with Crippen molar-refractivity contribution < 1.29 is 4.79 Å². The zero-order chi connectivity index (χ0) is 12.3. The van der Waals surface area contributed by atoms with Crippen LogP contribution in [0.4, 0.5) is 0 Å². The third-order valence-electron chi connectivity index (χ3n) is 4.46. The average molecular weight is 238 g/mol. The maximum atomic E-state index is 12.5. The van der Waals surface area contributed by atoms with E-state index >= 15 is 0 Å². The van der Waals surface area contributed by atoms with Gasteiger partial charge in [0.1, 0.15) is 0 Å². The Morgan fingerprint density at radius 2 is 1.94 bits per heavy atom. The minimum atomic E-state index is 0.312. The first-order valence-corrected chi connectivity index (χ1v) is 7.23. The molecule has 17 heavy (non-hydrogen) atoms. The summed E-state index contributed by atoms with van der Waals surface area (Å²) in [6.07, 6.45) is 5.81. The Kier molecular flexibility index (Phi) is 4.43. The molecule has 1 saturated heterocycles. The minimum Gasteiger partial charge on any atom is -0.338 e. The van der Waals surface area contributed by atoms with Crippen molar-refractivity contribution in [3.05, 3.63) is 0 Å². The molecule has 0 radical (unpaired) electrons. The largest absolute Gasteiger partial charge is 0.338 e. The van der Waals surface area contributed by atoms with Gasteiger partial charge in [0.15, 0.2) is 0 Å². The molecule has 1 amide bonds. The highest BCUT2D eigenvalue weighted by Gasteiger charge is 2.31. The standard InChI is InChI=1S/C14H26N2O/c1-3-16(13-8-9-15-10-13)14(17)12-6-4-11(2)5-7-12/h11-13,15H,3-10H2,1-2H3. The summed E-state index contributed by atoms with van der Waals surface area (Å²) in [5.41, 5.74) is 0. The molecule has 2 aliphatic rings. The van der Waals surface area contributed by atoms with E-state index in [1.54, 1.807) is 0 Å². The Morgan fingerprint density at radius 3 is 2.47 bits per heavy atom. The van der Waals surface area contributed by atoms with Crippen LogP contribution in [0.1, 0.15) is 46.0 Å². The van der Waals surface area contributed by atoms with Crippen LogP contribution in [0, 0.1) is 11.8 Å². The van der Waals surface area contributed by atoms with Crippen molar-refractivity contribution in [2.45, 2.75) is 52.0 Å². The first-order valence-electron chi connectivity index (χ1n) is 7.23. The van der Waals surface area contributed by atoms with E-state index in [2.05, 4.69) is 24.1 Å². The van der Waals surface area contributed by atoms with E-state index in [0.717, 1.165) is 44.8 Å². The average Bonchev–Trinajstić information content (AvgIpc) is 2.84. The SMILES string of the molecule is CCN(C(=O)C1CCC(C)CC1)C1CCNC1. The molecule has 0 spiro atoms. The topological polar surface area (TPSA) is 32.3 Å². The lowest BCUT2D eigenvalue weighted by molar-refractivity contribution is -0.138. The van der Waals surface area contributed by atoms with E-state index in [4.69, 9.17) is 0 Å². The van der Waals surface area contributed by atoms with Gasteiger partial charge < -0.3 is 10.2 Å². The smallest absolute Gasteiger partial charge is 0.225 e. The zero-order valence-electron chi connectivity index (χ0n) is 11.2. The van der Waals surface area contributed by atoms with Gasteiger partial charge in [-0.05, 0) is 51.5 Å². The Balaban J connectivity index is 1.92. The van der Waals surface area contributed by atoms with E-state index < -0.39 is 0 Å².